The molecule has 0 fully saturated rings. The number of ether oxygens (including phenoxy) is 1. The molecule has 0 saturated heterocycles. The molecule has 0 radical (unpaired) electrons. The van der Waals surface area contributed by atoms with Crippen molar-refractivity contribution in [2.45, 2.75) is 19.5 Å². The maximum atomic E-state index is 12.1. The highest BCUT2D eigenvalue weighted by Crippen LogP contribution is 2.23. The predicted molar refractivity (Wildman–Crippen MR) is 113 cm³/mol. The highest BCUT2D eigenvalue weighted by molar-refractivity contribution is 14.0. The van der Waals surface area contributed by atoms with E-state index in [-0.39, 0.29) is 42.2 Å². The molecule has 3 N–H and O–H groups in total. The van der Waals surface area contributed by atoms with Gasteiger partial charge in [0.15, 0.2) is 5.96 Å². The van der Waals surface area contributed by atoms with E-state index >= 15 is 0 Å². The maximum Gasteiger partial charge on any atom is 0.573 e. The highest BCUT2D eigenvalue weighted by Gasteiger charge is 2.30. The lowest BCUT2D eigenvalue weighted by Gasteiger charge is -2.09. The molecule has 29 heavy (non-hydrogen) atoms. The number of nitrogens with one attached hydrogen (secondary N) is 1. The molecule has 154 valence electrons. The number of nitrogens with zero attached hydrogens (tertiary/aromatic N) is 2. The number of halogens is 4. The van der Waals surface area contributed by atoms with Crippen LogP contribution in [0.4, 0.5) is 13.2 Å². The number of rotatable bonds is 6. The first-order valence-corrected chi connectivity index (χ1v) is 8.27. The lowest BCUT2D eigenvalue weighted by atomic mass is 10.2. The quantitative estimate of drug-likeness (QED) is 0.286. The van der Waals surface area contributed by atoms with Crippen molar-refractivity contribution in [1.82, 2.24) is 10.3 Å². The smallest absolute Gasteiger partial charge is 0.444 e. The topological polar surface area (TPSA) is 85.7 Å². The molecule has 0 aliphatic carbocycles. The second-order valence-corrected chi connectivity index (χ2v) is 5.76. The Hall–Kier alpha value is -2.76. The number of guanidine groups is 1. The summed E-state index contributed by atoms with van der Waals surface area (Å²) in [6.07, 6.45) is -3.18. The van der Waals surface area contributed by atoms with Gasteiger partial charge in [-0.15, -0.1) is 37.1 Å². The lowest BCUT2D eigenvalue weighted by molar-refractivity contribution is -0.274. The fraction of sp³-hybridized carbons (Fsp3) is 0.158. The molecule has 0 spiro atoms. The first kappa shape index (κ1) is 22.5. The van der Waals surface area contributed by atoms with Gasteiger partial charge < -0.3 is 20.2 Å². The van der Waals surface area contributed by atoms with Gasteiger partial charge in [-0.05, 0) is 29.8 Å². The minimum Gasteiger partial charge on any atom is -0.444 e. The van der Waals surface area contributed by atoms with Gasteiger partial charge in [0, 0.05) is 5.56 Å². The third-order valence-electron chi connectivity index (χ3n) is 3.61. The SMILES string of the molecule is I.NC(=NCc1ccc(OC(F)(F)F)cc1)NCc1coc(-c2ccccc2)n1. The number of oxazole rings is 1. The number of hydrogen-bond donors (Lipinski definition) is 2. The Kier molecular flexibility index (Phi) is 7.88. The van der Waals surface area contributed by atoms with Gasteiger partial charge in [-0.2, -0.15) is 0 Å². The second kappa shape index (κ2) is 10.1. The van der Waals surface area contributed by atoms with Gasteiger partial charge >= 0.3 is 6.36 Å². The van der Waals surface area contributed by atoms with Crippen LogP contribution in [0.3, 0.4) is 0 Å². The lowest BCUT2D eigenvalue weighted by Crippen LogP contribution is -2.31. The van der Waals surface area contributed by atoms with Gasteiger partial charge in [0.2, 0.25) is 5.89 Å². The van der Waals surface area contributed by atoms with Crippen LogP contribution in [0, 0.1) is 0 Å². The Morgan fingerprint density at radius 2 is 1.79 bits per heavy atom. The van der Waals surface area contributed by atoms with Crippen molar-refractivity contribution >= 4 is 29.9 Å². The summed E-state index contributed by atoms with van der Waals surface area (Å²) in [7, 11) is 0. The van der Waals surface area contributed by atoms with Gasteiger partial charge in [-0.3, -0.25) is 0 Å². The van der Waals surface area contributed by atoms with Crippen LogP contribution in [0.15, 0.2) is 70.3 Å². The maximum absolute atomic E-state index is 12.1. The first-order chi connectivity index (χ1) is 13.4. The van der Waals surface area contributed by atoms with Crippen molar-refractivity contribution in [1.29, 1.82) is 0 Å². The van der Waals surface area contributed by atoms with Crippen molar-refractivity contribution in [2.75, 3.05) is 0 Å². The van der Waals surface area contributed by atoms with E-state index in [9.17, 15) is 13.2 Å². The molecule has 3 rings (SSSR count). The second-order valence-electron chi connectivity index (χ2n) is 5.76. The van der Waals surface area contributed by atoms with Crippen molar-refractivity contribution in [3.05, 3.63) is 72.1 Å². The summed E-state index contributed by atoms with van der Waals surface area (Å²) in [6.45, 7) is 0.531. The molecular weight excluding hydrogens is 500 g/mol. The van der Waals surface area contributed by atoms with E-state index in [1.807, 2.05) is 30.3 Å². The zero-order valence-electron chi connectivity index (χ0n) is 15.0. The molecule has 2 aromatic carbocycles. The van der Waals surface area contributed by atoms with Crippen molar-refractivity contribution in [3.8, 4) is 17.2 Å². The standard InChI is InChI=1S/C19H17F3N4O2.HI/c20-19(21,22)28-16-8-6-13(7-9-16)10-24-18(23)25-11-15-12-27-17(26-15)14-4-2-1-3-5-14;/h1-9,12H,10-11H2,(H3,23,24,25);1H. The fourth-order valence-electron chi connectivity index (χ4n) is 2.31. The van der Waals surface area contributed by atoms with Gasteiger partial charge in [-0.25, -0.2) is 9.98 Å². The van der Waals surface area contributed by atoms with Crippen LogP contribution >= 0.6 is 24.0 Å². The summed E-state index contributed by atoms with van der Waals surface area (Å²) >= 11 is 0. The molecule has 1 heterocycles. The summed E-state index contributed by atoms with van der Waals surface area (Å²) in [4.78, 5) is 8.50. The summed E-state index contributed by atoms with van der Waals surface area (Å²) in [5, 5.41) is 2.91. The average Bonchev–Trinajstić information content (AvgIpc) is 3.14. The zero-order chi connectivity index (χ0) is 20.0. The van der Waals surface area contributed by atoms with Crippen molar-refractivity contribution in [2.24, 2.45) is 10.7 Å². The van der Waals surface area contributed by atoms with Crippen LogP contribution in [0.5, 0.6) is 5.75 Å². The van der Waals surface area contributed by atoms with Crippen LogP contribution in [-0.2, 0) is 13.1 Å². The number of aromatic nitrogens is 1. The Bertz CT molecular complexity index is 929. The Labute approximate surface area is 182 Å². The Morgan fingerprint density at radius 1 is 1.10 bits per heavy atom. The van der Waals surface area contributed by atoms with E-state index < -0.39 is 6.36 Å². The molecule has 0 saturated carbocycles. The average molecular weight is 518 g/mol. The predicted octanol–water partition coefficient (Wildman–Crippen LogP) is 4.46. The third-order valence-corrected chi connectivity index (χ3v) is 3.61. The van der Waals surface area contributed by atoms with E-state index in [4.69, 9.17) is 10.2 Å². The monoisotopic (exact) mass is 518 g/mol. The minimum atomic E-state index is -4.71. The van der Waals surface area contributed by atoms with Crippen molar-refractivity contribution in [3.63, 3.8) is 0 Å². The molecule has 0 atom stereocenters. The van der Waals surface area contributed by atoms with Gasteiger partial charge in [0.25, 0.3) is 0 Å². The summed E-state index contributed by atoms with van der Waals surface area (Å²) in [5.41, 5.74) is 8.02. The number of aliphatic imine (C=N–C) groups is 1. The Morgan fingerprint density at radius 3 is 2.45 bits per heavy atom. The normalized spacial score (nSPS) is 11.6. The van der Waals surface area contributed by atoms with Gasteiger partial charge in [-0.1, -0.05) is 30.3 Å². The summed E-state index contributed by atoms with van der Waals surface area (Å²) < 4.78 is 45.7. The molecule has 6 nitrogen and oxygen atoms in total. The van der Waals surface area contributed by atoms with Crippen molar-refractivity contribution < 1.29 is 22.3 Å². The van der Waals surface area contributed by atoms with E-state index in [1.54, 1.807) is 0 Å². The van der Waals surface area contributed by atoms with Crippen LogP contribution in [0.25, 0.3) is 11.5 Å². The van der Waals surface area contributed by atoms with Crippen LogP contribution in [-0.4, -0.2) is 17.3 Å². The van der Waals surface area contributed by atoms with E-state index in [1.165, 1.54) is 30.5 Å². The van der Waals surface area contributed by atoms with Gasteiger partial charge in [0.05, 0.1) is 18.8 Å². The number of alkyl halides is 3. The molecular formula is C19H18F3IN4O2. The van der Waals surface area contributed by atoms with E-state index in [0.717, 1.165) is 5.56 Å². The number of hydrogen-bond acceptors (Lipinski definition) is 4. The van der Waals surface area contributed by atoms with E-state index in [0.29, 0.717) is 23.7 Å². The molecule has 0 aliphatic rings. The van der Waals surface area contributed by atoms with Crippen LogP contribution in [0.2, 0.25) is 0 Å². The number of nitrogens with two attached hydrogens (primary N) is 1. The molecule has 10 heteroatoms. The highest BCUT2D eigenvalue weighted by atomic mass is 127. The molecule has 3 aromatic rings. The van der Waals surface area contributed by atoms with Crippen LogP contribution < -0.4 is 15.8 Å². The molecule has 0 bridgehead atoms. The minimum absolute atomic E-state index is 0. The Balaban J connectivity index is 0.00000300. The largest absolute Gasteiger partial charge is 0.573 e. The molecule has 1 aromatic heterocycles. The summed E-state index contributed by atoms with van der Waals surface area (Å²) in [6, 6.07) is 14.9. The fourth-order valence-corrected chi connectivity index (χ4v) is 2.31. The van der Waals surface area contributed by atoms with E-state index in [2.05, 4.69) is 20.0 Å². The first-order valence-electron chi connectivity index (χ1n) is 8.27. The van der Waals surface area contributed by atoms with Crippen LogP contribution in [0.1, 0.15) is 11.3 Å². The number of benzene rings is 2. The van der Waals surface area contributed by atoms with Gasteiger partial charge in [0.1, 0.15) is 12.0 Å². The summed E-state index contributed by atoms with van der Waals surface area (Å²) in [5.74, 6) is 0.403. The third kappa shape index (κ3) is 7.29. The zero-order valence-corrected chi connectivity index (χ0v) is 17.3. The molecule has 0 aliphatic heterocycles. The molecule has 0 unspecified atom stereocenters. The molecule has 0 amide bonds.